The van der Waals surface area contributed by atoms with Crippen LogP contribution in [-0.4, -0.2) is 59.1 Å². The van der Waals surface area contributed by atoms with Gasteiger partial charge in [0, 0.05) is 57.7 Å². The van der Waals surface area contributed by atoms with E-state index in [0.29, 0.717) is 43.1 Å². The lowest BCUT2D eigenvalue weighted by molar-refractivity contribution is -0.121. The van der Waals surface area contributed by atoms with Crippen LogP contribution < -0.4 is 5.32 Å². The quantitative estimate of drug-likeness (QED) is 0.538. The van der Waals surface area contributed by atoms with Crippen molar-refractivity contribution in [1.29, 1.82) is 0 Å². The monoisotopic (exact) mass is 451 g/mol. The van der Waals surface area contributed by atoms with Crippen molar-refractivity contribution in [2.45, 2.75) is 32.4 Å². The molecule has 0 aliphatic carbocycles. The van der Waals surface area contributed by atoms with E-state index in [0.717, 1.165) is 38.3 Å². The van der Waals surface area contributed by atoms with Gasteiger partial charge in [0.15, 0.2) is 0 Å². The van der Waals surface area contributed by atoms with E-state index in [2.05, 4.69) is 50.5 Å². The number of rotatable bonds is 9. The molecule has 33 heavy (non-hydrogen) atoms. The molecule has 1 fully saturated rings. The van der Waals surface area contributed by atoms with Gasteiger partial charge in [-0.25, -0.2) is 4.39 Å². The van der Waals surface area contributed by atoms with Crippen LogP contribution in [0.2, 0.25) is 0 Å². The molecule has 1 aliphatic rings. The average Bonchev–Trinajstić information content (AvgIpc) is 3.29. The van der Waals surface area contributed by atoms with E-state index in [1.54, 1.807) is 12.1 Å². The topological polar surface area (TPSA) is 74.5 Å². The number of aryl methyl sites for hydroxylation is 1. The molecule has 1 aliphatic heterocycles. The zero-order chi connectivity index (χ0) is 23.0. The van der Waals surface area contributed by atoms with E-state index in [1.807, 2.05) is 6.07 Å². The smallest absolute Gasteiger partial charge is 0.226 e. The Kier molecular flexibility index (Phi) is 7.80. The highest BCUT2D eigenvalue weighted by Crippen LogP contribution is 2.17. The highest BCUT2D eigenvalue weighted by atomic mass is 19.1. The summed E-state index contributed by atoms with van der Waals surface area (Å²) in [6, 6.07) is 14.4. The molecule has 2 aromatic carbocycles. The van der Waals surface area contributed by atoms with Crippen LogP contribution in [0.4, 0.5) is 4.39 Å². The van der Waals surface area contributed by atoms with Crippen molar-refractivity contribution >= 4 is 5.91 Å². The molecule has 0 saturated carbocycles. The average molecular weight is 452 g/mol. The maximum absolute atomic E-state index is 13.0. The number of carbonyl (C=O) groups excluding carboxylic acids is 1. The minimum absolute atomic E-state index is 0.00209. The van der Waals surface area contributed by atoms with Crippen LogP contribution in [-0.2, 0) is 24.3 Å². The molecular formula is C25H30FN5O2. The third-order valence-electron chi connectivity index (χ3n) is 5.85. The number of aromatic nitrogens is 2. The van der Waals surface area contributed by atoms with E-state index in [4.69, 9.17) is 4.52 Å². The van der Waals surface area contributed by atoms with E-state index in [-0.39, 0.29) is 11.7 Å². The Hall–Kier alpha value is -3.10. The fourth-order valence-electron chi connectivity index (χ4n) is 3.86. The third kappa shape index (κ3) is 6.94. The SMILES string of the molecule is CN1CCN(Cc2cccc(CNC(=O)CCCc3nc(-c4ccc(F)cc4)no3)c2)CC1. The van der Waals surface area contributed by atoms with Crippen LogP contribution in [0.15, 0.2) is 53.1 Å². The summed E-state index contributed by atoms with van der Waals surface area (Å²) in [4.78, 5) is 21.4. The second-order valence-electron chi connectivity index (χ2n) is 8.55. The van der Waals surface area contributed by atoms with Gasteiger partial charge in [-0.3, -0.25) is 9.69 Å². The van der Waals surface area contributed by atoms with E-state index < -0.39 is 0 Å². The van der Waals surface area contributed by atoms with Gasteiger partial charge in [0.05, 0.1) is 0 Å². The Morgan fingerprint density at radius 2 is 1.85 bits per heavy atom. The summed E-state index contributed by atoms with van der Waals surface area (Å²) in [6.45, 7) is 5.84. The minimum atomic E-state index is -0.310. The van der Waals surface area contributed by atoms with Gasteiger partial charge in [-0.2, -0.15) is 4.98 Å². The fraction of sp³-hybridized carbons (Fsp3) is 0.400. The predicted octanol–water partition coefficient (Wildman–Crippen LogP) is 3.26. The lowest BCUT2D eigenvalue weighted by atomic mass is 10.1. The lowest BCUT2D eigenvalue weighted by Crippen LogP contribution is -2.43. The largest absolute Gasteiger partial charge is 0.352 e. The van der Waals surface area contributed by atoms with Crippen molar-refractivity contribution in [3.63, 3.8) is 0 Å². The molecule has 174 valence electrons. The summed E-state index contributed by atoms with van der Waals surface area (Å²) in [5.74, 6) is 0.581. The number of halogens is 1. The highest BCUT2D eigenvalue weighted by molar-refractivity contribution is 5.75. The van der Waals surface area contributed by atoms with Gasteiger partial charge in [-0.15, -0.1) is 0 Å². The van der Waals surface area contributed by atoms with Crippen LogP contribution in [0.25, 0.3) is 11.4 Å². The summed E-state index contributed by atoms with van der Waals surface area (Å²) < 4.78 is 18.3. The molecule has 0 atom stereocenters. The van der Waals surface area contributed by atoms with Gasteiger partial charge in [0.1, 0.15) is 5.82 Å². The molecule has 1 aromatic heterocycles. The van der Waals surface area contributed by atoms with Gasteiger partial charge < -0.3 is 14.7 Å². The first kappa shape index (κ1) is 23.1. The van der Waals surface area contributed by atoms with Crippen LogP contribution >= 0.6 is 0 Å². The third-order valence-corrected chi connectivity index (χ3v) is 5.85. The molecule has 1 saturated heterocycles. The Morgan fingerprint density at radius 3 is 2.64 bits per heavy atom. The molecule has 0 unspecified atom stereocenters. The molecule has 7 nitrogen and oxygen atoms in total. The number of amides is 1. The predicted molar refractivity (Wildman–Crippen MR) is 124 cm³/mol. The number of nitrogens with zero attached hydrogens (tertiary/aromatic N) is 4. The van der Waals surface area contributed by atoms with Crippen LogP contribution in [0.3, 0.4) is 0 Å². The Labute approximate surface area is 193 Å². The van der Waals surface area contributed by atoms with Gasteiger partial charge in [0.2, 0.25) is 17.6 Å². The second kappa shape index (κ2) is 11.2. The number of hydrogen-bond donors (Lipinski definition) is 1. The minimum Gasteiger partial charge on any atom is -0.352 e. The Bertz CT molecular complexity index is 1040. The van der Waals surface area contributed by atoms with Crippen molar-refractivity contribution in [2.75, 3.05) is 33.2 Å². The second-order valence-corrected chi connectivity index (χ2v) is 8.55. The van der Waals surface area contributed by atoms with Crippen LogP contribution in [0.1, 0.15) is 29.9 Å². The molecule has 2 heterocycles. The number of hydrogen-bond acceptors (Lipinski definition) is 6. The number of nitrogens with one attached hydrogen (secondary N) is 1. The maximum atomic E-state index is 13.0. The molecule has 1 amide bonds. The number of carbonyl (C=O) groups is 1. The van der Waals surface area contributed by atoms with Gasteiger partial charge in [-0.05, 0) is 48.9 Å². The summed E-state index contributed by atoms with van der Waals surface area (Å²) in [5.41, 5.74) is 3.08. The van der Waals surface area contributed by atoms with Crippen molar-refractivity contribution in [1.82, 2.24) is 25.3 Å². The number of likely N-dealkylation sites (N-methyl/N-ethyl adjacent to an activating group) is 1. The molecule has 8 heteroatoms. The fourth-order valence-corrected chi connectivity index (χ4v) is 3.86. The molecule has 0 bridgehead atoms. The number of piperazine rings is 1. The van der Waals surface area contributed by atoms with E-state index in [9.17, 15) is 9.18 Å². The summed E-state index contributed by atoms with van der Waals surface area (Å²) in [5, 5.41) is 6.93. The molecule has 3 aromatic rings. The van der Waals surface area contributed by atoms with E-state index in [1.165, 1.54) is 17.7 Å². The highest BCUT2D eigenvalue weighted by Gasteiger charge is 2.14. The molecule has 4 rings (SSSR count). The van der Waals surface area contributed by atoms with Crippen LogP contribution in [0.5, 0.6) is 0 Å². The zero-order valence-electron chi connectivity index (χ0n) is 19.0. The molecule has 0 spiro atoms. The summed E-state index contributed by atoms with van der Waals surface area (Å²) in [6.07, 6.45) is 1.51. The van der Waals surface area contributed by atoms with Crippen molar-refractivity contribution in [3.8, 4) is 11.4 Å². The first-order valence-electron chi connectivity index (χ1n) is 11.4. The van der Waals surface area contributed by atoms with Crippen molar-refractivity contribution < 1.29 is 13.7 Å². The van der Waals surface area contributed by atoms with Gasteiger partial charge >= 0.3 is 0 Å². The summed E-state index contributed by atoms with van der Waals surface area (Å²) in [7, 11) is 2.16. The van der Waals surface area contributed by atoms with Crippen LogP contribution in [0, 0.1) is 5.82 Å². The molecule has 0 radical (unpaired) electrons. The van der Waals surface area contributed by atoms with Crippen molar-refractivity contribution in [2.24, 2.45) is 0 Å². The lowest BCUT2D eigenvalue weighted by Gasteiger charge is -2.32. The Balaban J connectivity index is 1.18. The first-order valence-corrected chi connectivity index (χ1v) is 11.4. The maximum Gasteiger partial charge on any atom is 0.226 e. The first-order chi connectivity index (χ1) is 16.0. The van der Waals surface area contributed by atoms with Gasteiger partial charge in [0.25, 0.3) is 0 Å². The molecule has 1 N–H and O–H groups in total. The summed E-state index contributed by atoms with van der Waals surface area (Å²) >= 11 is 0. The number of benzene rings is 2. The standard InChI is InChI=1S/C25H30FN5O2/c1-30-12-14-31(15-13-30)18-20-5-2-4-19(16-20)17-27-23(32)6-3-7-24-28-25(29-33-24)21-8-10-22(26)11-9-21/h2,4-5,8-11,16H,3,6-7,12-15,17-18H2,1H3,(H,27,32). The molecular weight excluding hydrogens is 421 g/mol. The van der Waals surface area contributed by atoms with E-state index >= 15 is 0 Å². The Morgan fingerprint density at radius 1 is 1.09 bits per heavy atom. The zero-order valence-corrected chi connectivity index (χ0v) is 19.0. The van der Waals surface area contributed by atoms with Gasteiger partial charge in [-0.1, -0.05) is 29.4 Å². The van der Waals surface area contributed by atoms with Crippen molar-refractivity contribution in [3.05, 3.63) is 71.4 Å². The normalized spacial score (nSPS) is 15.0.